The highest BCUT2D eigenvalue weighted by Gasteiger charge is 2.35. The van der Waals surface area contributed by atoms with E-state index >= 15 is 0 Å². The monoisotopic (exact) mass is 1290 g/mol. The molecule has 96 heavy (non-hydrogen) atoms. The molecule has 6 aromatic rings. The molecular weight excluding hydrogens is 1210 g/mol. The summed E-state index contributed by atoms with van der Waals surface area (Å²) in [6, 6.07) is 36.3. The highest BCUT2D eigenvalue weighted by Crippen LogP contribution is 2.40. The van der Waals surface area contributed by atoms with Crippen LogP contribution in [-0.4, -0.2) is 99.0 Å². The quantitative estimate of drug-likeness (QED) is 0.0507. The van der Waals surface area contributed by atoms with Crippen LogP contribution in [-0.2, 0) is 36.9 Å². The molecule has 18 nitrogen and oxygen atoms in total. The maximum atomic E-state index is 13.7. The molecule has 3 aliphatic carbocycles. The van der Waals surface area contributed by atoms with Gasteiger partial charge in [-0.2, -0.15) is 4.58 Å². The molecule has 8 bridgehead atoms. The summed E-state index contributed by atoms with van der Waals surface area (Å²) in [5, 5.41) is 25.3. The van der Waals surface area contributed by atoms with Gasteiger partial charge >= 0.3 is 11.9 Å². The number of aryl methyl sites for hydroxylation is 4. The number of carbonyl (C=O) groups excluding carboxylic acids is 7. The SMILES string of the molecule is C=C(C)C(=O)OC(C)C(C)N(c1ccc(C2=C([O-])C(=C3C=CC(=[N+](c4ccc(C)cc4C)C(C)C(C)OC(=O)C(=C)C)C=C3)C2=O)cc1)c1ccc(C)cc1C.O=C1NCc2ccc(cc2)CNC(=O)c2cccc(n2)C(=O)NCC2CCC(CC2)CNC(=O)c2cccc1n2. The normalized spacial score (nSPS) is 17.9. The van der Waals surface area contributed by atoms with Crippen LogP contribution in [0.2, 0.25) is 0 Å². The van der Waals surface area contributed by atoms with E-state index in [1.807, 2.05) is 128 Å². The van der Waals surface area contributed by atoms with Crippen LogP contribution >= 0.6 is 0 Å². The number of anilines is 2. The standard InChI is InChI=1S/C48H52N2O6.C30H32N6O4/c1-27(2)47(53)55-35(11)33(9)49(41-23-13-29(5)25-31(41)7)39-19-15-37(16-20-39)43-45(51)44(46(43)52)38-17-21-40(22-18-38)50(42-24-14-30(6)26-32(42)8)34(10)36(12)56-48(54)28(3)4;37-27-23-3-1-4-24(35-23)28(38)32-16-20-9-13-22(14-10-20)18-34-30(40)26-6-2-5-25(36-26)29(39)33-17-21-11-7-19(8-12-21)15-31-27/h13-26,33-36H,1,3H2,2,4-12H3;1-8,11-12,20,22H,9-10,13-18H2,(H,31,37)(H,32,38)(H,33,39)(H,34,40). The van der Waals surface area contributed by atoms with Crippen molar-refractivity contribution in [3.05, 3.63) is 249 Å². The van der Waals surface area contributed by atoms with Crippen LogP contribution in [0.1, 0.15) is 148 Å². The lowest BCUT2D eigenvalue weighted by Gasteiger charge is -2.36. The minimum atomic E-state index is -0.481. The Morgan fingerprint density at radius 2 is 1.01 bits per heavy atom. The fraction of sp³-hybridized carbons (Fsp3) is 0.308. The van der Waals surface area contributed by atoms with Crippen molar-refractivity contribution >= 4 is 69.7 Å². The van der Waals surface area contributed by atoms with Crippen LogP contribution in [0.5, 0.6) is 0 Å². The molecule has 4 aromatic carbocycles. The number of nitrogens with one attached hydrogen (secondary N) is 4. The lowest BCUT2D eigenvalue weighted by molar-refractivity contribution is -0.491. The molecule has 4 unspecified atom stereocenters. The van der Waals surface area contributed by atoms with Crippen LogP contribution in [0.3, 0.4) is 0 Å². The first-order chi connectivity index (χ1) is 45.8. The topological polar surface area (TPSA) is 241 Å². The van der Waals surface area contributed by atoms with Gasteiger partial charge in [0.2, 0.25) is 11.4 Å². The Hall–Kier alpha value is -10.6. The molecule has 4 N–H and O–H groups in total. The van der Waals surface area contributed by atoms with Gasteiger partial charge in [0, 0.05) is 90.6 Å². The number of allylic oxidation sites excluding steroid dienone is 7. The van der Waals surface area contributed by atoms with Crippen LogP contribution in [0.15, 0.2) is 187 Å². The van der Waals surface area contributed by atoms with Crippen molar-refractivity contribution in [2.75, 3.05) is 18.0 Å². The summed E-state index contributed by atoms with van der Waals surface area (Å²) in [7, 11) is 0. The van der Waals surface area contributed by atoms with Crippen LogP contribution in [0.4, 0.5) is 17.1 Å². The van der Waals surface area contributed by atoms with Crippen molar-refractivity contribution in [1.82, 2.24) is 31.2 Å². The summed E-state index contributed by atoms with van der Waals surface area (Å²) < 4.78 is 13.6. The molecule has 2 aromatic heterocycles. The van der Waals surface area contributed by atoms with Crippen molar-refractivity contribution in [2.24, 2.45) is 11.8 Å². The number of nitrogens with zero attached hydrogens (tertiary/aromatic N) is 4. The number of esters is 2. The van der Waals surface area contributed by atoms with E-state index in [4.69, 9.17) is 9.47 Å². The maximum Gasteiger partial charge on any atom is 0.333 e. The Balaban J connectivity index is 0.000000238. The molecule has 496 valence electrons. The summed E-state index contributed by atoms with van der Waals surface area (Å²) in [6.45, 7) is 28.1. The number of Topliss-reactive ketones (excluding diaryl/α,β-unsaturated/α-hetero) is 1. The number of hydrogen-bond donors (Lipinski definition) is 4. The molecule has 1 fully saturated rings. The molecule has 4 atom stereocenters. The van der Waals surface area contributed by atoms with Crippen molar-refractivity contribution in [3.8, 4) is 0 Å². The zero-order chi connectivity index (χ0) is 69.1. The van der Waals surface area contributed by atoms with Crippen LogP contribution < -0.4 is 31.3 Å². The largest absolute Gasteiger partial charge is 0.871 e. The Kier molecular flexibility index (Phi) is 22.6. The van der Waals surface area contributed by atoms with Gasteiger partial charge in [-0.05, 0) is 188 Å². The first-order valence-corrected chi connectivity index (χ1v) is 32.5. The van der Waals surface area contributed by atoms with Gasteiger partial charge < -0.3 is 40.7 Å². The second-order valence-corrected chi connectivity index (χ2v) is 25.4. The Labute approximate surface area is 561 Å². The molecule has 0 spiro atoms. The first-order valence-electron chi connectivity index (χ1n) is 32.5. The minimum Gasteiger partial charge on any atom is -0.871 e. The average molecular weight is 1290 g/mol. The second kappa shape index (κ2) is 31.1. The third-order valence-electron chi connectivity index (χ3n) is 17.9. The van der Waals surface area contributed by atoms with Crippen molar-refractivity contribution in [2.45, 2.75) is 132 Å². The zero-order valence-electron chi connectivity index (χ0n) is 56.3. The number of ether oxygens (including phenoxy) is 2. The Morgan fingerprint density at radius 1 is 0.562 bits per heavy atom. The summed E-state index contributed by atoms with van der Waals surface area (Å²) in [4.78, 5) is 100. The number of carbonyl (C=O) groups is 7. The van der Waals surface area contributed by atoms with Crippen LogP contribution in [0.25, 0.3) is 5.57 Å². The van der Waals surface area contributed by atoms with E-state index in [2.05, 4.69) is 66.0 Å². The molecule has 1 saturated carbocycles. The number of hydrogen-bond acceptors (Lipinski definition) is 13. The third kappa shape index (κ3) is 16.8. The highest BCUT2D eigenvalue weighted by atomic mass is 16.5. The Morgan fingerprint density at radius 3 is 1.46 bits per heavy atom. The fourth-order valence-electron chi connectivity index (χ4n) is 12.0. The van der Waals surface area contributed by atoms with Gasteiger partial charge in [-0.1, -0.05) is 96.8 Å². The predicted molar refractivity (Wildman–Crippen MR) is 370 cm³/mol. The van der Waals surface area contributed by atoms with E-state index in [9.17, 15) is 38.7 Å². The molecule has 6 heterocycles. The number of pyridine rings is 2. The van der Waals surface area contributed by atoms with Gasteiger partial charge in [0.1, 0.15) is 28.9 Å². The van der Waals surface area contributed by atoms with E-state index in [1.54, 1.807) is 74.5 Å². The lowest BCUT2D eigenvalue weighted by Crippen LogP contribution is -2.40. The molecular formula is C78H84N8O10. The van der Waals surface area contributed by atoms with E-state index in [-0.39, 0.29) is 94.3 Å². The number of aromatic nitrogens is 2. The van der Waals surface area contributed by atoms with E-state index in [0.29, 0.717) is 47.2 Å². The van der Waals surface area contributed by atoms with Gasteiger partial charge in [0.25, 0.3) is 23.6 Å². The number of amides is 4. The van der Waals surface area contributed by atoms with Crippen LogP contribution in [0, 0.1) is 39.5 Å². The zero-order valence-corrected chi connectivity index (χ0v) is 56.3. The minimum absolute atomic E-state index is 0.143. The van der Waals surface area contributed by atoms with Crippen molar-refractivity contribution in [1.29, 1.82) is 0 Å². The smallest absolute Gasteiger partial charge is 0.333 e. The van der Waals surface area contributed by atoms with Gasteiger partial charge in [0.05, 0.1) is 6.04 Å². The molecule has 0 saturated heterocycles. The molecule has 13 rings (SSSR count). The van der Waals surface area contributed by atoms with Crippen molar-refractivity contribution < 1.29 is 52.7 Å². The lowest BCUT2D eigenvalue weighted by atomic mass is 9.80. The van der Waals surface area contributed by atoms with Crippen molar-refractivity contribution in [3.63, 3.8) is 0 Å². The van der Waals surface area contributed by atoms with E-state index < -0.39 is 24.1 Å². The fourth-order valence-corrected chi connectivity index (χ4v) is 12.0. The molecule has 7 aliphatic rings. The van der Waals surface area contributed by atoms with E-state index in [0.717, 1.165) is 81.8 Å². The summed E-state index contributed by atoms with van der Waals surface area (Å²) in [5.41, 5.74) is 12.4. The molecule has 18 heteroatoms. The summed E-state index contributed by atoms with van der Waals surface area (Å²) >= 11 is 0. The average Bonchev–Trinajstić information content (AvgIpc) is 0.743. The molecule has 4 amide bonds. The number of rotatable bonds is 12. The highest BCUT2D eigenvalue weighted by molar-refractivity contribution is 6.39. The Bertz CT molecular complexity index is 4080. The van der Waals surface area contributed by atoms with E-state index in [1.165, 1.54) is 0 Å². The second-order valence-electron chi connectivity index (χ2n) is 25.4. The van der Waals surface area contributed by atoms with Gasteiger partial charge in [-0.15, -0.1) is 0 Å². The first kappa shape index (κ1) is 69.7. The number of ketones is 1. The maximum absolute atomic E-state index is 13.7. The van der Waals surface area contributed by atoms with Gasteiger partial charge in [0.15, 0.2) is 17.9 Å². The van der Waals surface area contributed by atoms with Gasteiger partial charge in [-0.3, -0.25) is 24.0 Å². The summed E-state index contributed by atoms with van der Waals surface area (Å²) in [5.74, 6) is -2.19. The summed E-state index contributed by atoms with van der Waals surface area (Å²) in [6.07, 6.45) is 10.1. The van der Waals surface area contributed by atoms with Gasteiger partial charge in [-0.25, -0.2) is 19.6 Å². The molecule has 0 radical (unpaired) electrons. The predicted octanol–water partition coefficient (Wildman–Crippen LogP) is 11.3. The third-order valence-corrected chi connectivity index (χ3v) is 17.9. The number of benzene rings is 4. The molecule has 4 aliphatic heterocycles.